The van der Waals surface area contributed by atoms with E-state index in [0.29, 0.717) is 18.8 Å². The van der Waals surface area contributed by atoms with E-state index in [2.05, 4.69) is 17.0 Å². The Balaban J connectivity index is 1.34. The van der Waals surface area contributed by atoms with Gasteiger partial charge in [-0.1, -0.05) is 48.5 Å². The minimum absolute atomic E-state index is 0.164. The highest BCUT2D eigenvalue weighted by Crippen LogP contribution is 2.09. The Morgan fingerprint density at radius 1 is 0.815 bits per heavy atom. The van der Waals surface area contributed by atoms with Gasteiger partial charge in [0.05, 0.1) is 0 Å². The number of benzene rings is 2. The molecule has 6 nitrogen and oxygen atoms in total. The standard InChI is InChI=1S/C21H24N2O4/c24-20(16-27-21(25)17-26-19-9-5-2-6-10-19)23-13-11-22(12-14-23)15-18-7-3-1-4-8-18/h1-10H,11-17H2. The van der Waals surface area contributed by atoms with Crippen LogP contribution in [0.1, 0.15) is 5.56 Å². The van der Waals surface area contributed by atoms with Gasteiger partial charge in [0.2, 0.25) is 0 Å². The third kappa shape index (κ3) is 6.11. The Bertz CT molecular complexity index is 728. The average molecular weight is 368 g/mol. The molecule has 0 aliphatic carbocycles. The molecular formula is C21H24N2O4. The second-order valence-corrected chi connectivity index (χ2v) is 6.40. The van der Waals surface area contributed by atoms with Crippen LogP contribution in [0.3, 0.4) is 0 Å². The number of amides is 1. The zero-order chi connectivity index (χ0) is 18.9. The molecule has 0 N–H and O–H groups in total. The van der Waals surface area contributed by atoms with Crippen LogP contribution in [0.4, 0.5) is 0 Å². The maximum Gasteiger partial charge on any atom is 0.344 e. The van der Waals surface area contributed by atoms with E-state index < -0.39 is 5.97 Å². The summed E-state index contributed by atoms with van der Waals surface area (Å²) in [5, 5.41) is 0. The molecule has 1 aliphatic heterocycles. The van der Waals surface area contributed by atoms with Crippen LogP contribution < -0.4 is 4.74 Å². The Kier molecular flexibility index (Phi) is 6.82. The molecular weight excluding hydrogens is 344 g/mol. The summed E-state index contributed by atoms with van der Waals surface area (Å²) >= 11 is 0. The highest BCUT2D eigenvalue weighted by Gasteiger charge is 2.22. The van der Waals surface area contributed by atoms with Gasteiger partial charge in [-0.3, -0.25) is 9.69 Å². The van der Waals surface area contributed by atoms with Gasteiger partial charge in [0.25, 0.3) is 5.91 Å². The summed E-state index contributed by atoms with van der Waals surface area (Å²) in [6.45, 7) is 3.34. The number of hydrogen-bond donors (Lipinski definition) is 0. The van der Waals surface area contributed by atoms with Crippen LogP contribution in [0.5, 0.6) is 5.75 Å². The van der Waals surface area contributed by atoms with E-state index in [9.17, 15) is 9.59 Å². The van der Waals surface area contributed by atoms with Crippen LogP contribution in [0.25, 0.3) is 0 Å². The number of esters is 1. The Morgan fingerprint density at radius 3 is 2.11 bits per heavy atom. The van der Waals surface area contributed by atoms with Crippen LogP contribution in [0.2, 0.25) is 0 Å². The van der Waals surface area contributed by atoms with Gasteiger partial charge in [-0.25, -0.2) is 4.79 Å². The van der Waals surface area contributed by atoms with Crippen molar-refractivity contribution in [2.45, 2.75) is 6.54 Å². The van der Waals surface area contributed by atoms with Crippen molar-refractivity contribution >= 4 is 11.9 Å². The first-order chi connectivity index (χ1) is 13.2. The van der Waals surface area contributed by atoms with Crippen LogP contribution >= 0.6 is 0 Å². The third-order valence-electron chi connectivity index (χ3n) is 4.43. The quantitative estimate of drug-likeness (QED) is 0.699. The molecule has 142 valence electrons. The number of para-hydroxylation sites is 1. The maximum atomic E-state index is 12.2. The Morgan fingerprint density at radius 2 is 1.44 bits per heavy atom. The number of nitrogens with zero attached hydrogens (tertiary/aromatic N) is 2. The number of hydrogen-bond acceptors (Lipinski definition) is 5. The predicted octanol–water partition coefficient (Wildman–Crippen LogP) is 1.95. The van der Waals surface area contributed by atoms with E-state index in [0.717, 1.165) is 19.6 Å². The van der Waals surface area contributed by atoms with E-state index in [4.69, 9.17) is 9.47 Å². The molecule has 1 saturated heterocycles. The average Bonchev–Trinajstić information content (AvgIpc) is 2.72. The summed E-state index contributed by atoms with van der Waals surface area (Å²) in [7, 11) is 0. The molecule has 0 atom stereocenters. The molecule has 1 heterocycles. The first-order valence-corrected chi connectivity index (χ1v) is 9.08. The van der Waals surface area contributed by atoms with Gasteiger partial charge < -0.3 is 14.4 Å². The van der Waals surface area contributed by atoms with E-state index in [1.165, 1.54) is 5.56 Å². The van der Waals surface area contributed by atoms with E-state index in [1.54, 1.807) is 17.0 Å². The van der Waals surface area contributed by atoms with Gasteiger partial charge in [-0.2, -0.15) is 0 Å². The van der Waals surface area contributed by atoms with Crippen molar-refractivity contribution < 1.29 is 19.1 Å². The fourth-order valence-electron chi connectivity index (χ4n) is 2.93. The van der Waals surface area contributed by atoms with Crippen LogP contribution in [-0.4, -0.2) is 61.1 Å². The molecule has 0 radical (unpaired) electrons. The minimum Gasteiger partial charge on any atom is -0.482 e. The van der Waals surface area contributed by atoms with Crippen LogP contribution in [0.15, 0.2) is 60.7 Å². The molecule has 1 amide bonds. The van der Waals surface area contributed by atoms with Gasteiger partial charge in [0.1, 0.15) is 5.75 Å². The largest absolute Gasteiger partial charge is 0.482 e. The topological polar surface area (TPSA) is 59.1 Å². The summed E-state index contributed by atoms with van der Waals surface area (Å²) in [5.74, 6) is -0.118. The summed E-state index contributed by atoms with van der Waals surface area (Å²) in [4.78, 5) is 28.0. The van der Waals surface area contributed by atoms with E-state index in [1.807, 2.05) is 36.4 Å². The third-order valence-corrected chi connectivity index (χ3v) is 4.43. The normalized spacial score (nSPS) is 14.6. The first-order valence-electron chi connectivity index (χ1n) is 9.08. The zero-order valence-electron chi connectivity index (χ0n) is 15.3. The summed E-state index contributed by atoms with van der Waals surface area (Å²) in [6.07, 6.45) is 0. The monoisotopic (exact) mass is 368 g/mol. The smallest absolute Gasteiger partial charge is 0.344 e. The molecule has 2 aromatic carbocycles. The predicted molar refractivity (Wildman–Crippen MR) is 101 cm³/mol. The van der Waals surface area contributed by atoms with Crippen molar-refractivity contribution in [1.29, 1.82) is 0 Å². The number of carbonyl (C=O) groups excluding carboxylic acids is 2. The summed E-state index contributed by atoms with van der Waals surface area (Å²) < 4.78 is 10.3. The second kappa shape index (κ2) is 9.73. The van der Waals surface area contributed by atoms with Gasteiger partial charge in [-0.05, 0) is 17.7 Å². The molecule has 0 unspecified atom stereocenters. The molecule has 0 bridgehead atoms. The van der Waals surface area contributed by atoms with Crippen LogP contribution in [-0.2, 0) is 20.9 Å². The number of rotatable bonds is 7. The number of piperazine rings is 1. The number of carbonyl (C=O) groups is 2. The van der Waals surface area contributed by atoms with Gasteiger partial charge in [-0.15, -0.1) is 0 Å². The lowest BCUT2D eigenvalue weighted by Crippen LogP contribution is -2.49. The molecule has 6 heteroatoms. The van der Waals surface area contributed by atoms with Gasteiger partial charge in [0.15, 0.2) is 13.2 Å². The molecule has 1 aliphatic rings. The second-order valence-electron chi connectivity index (χ2n) is 6.40. The molecule has 3 rings (SSSR count). The molecule has 0 aromatic heterocycles. The van der Waals surface area contributed by atoms with Crippen molar-refractivity contribution in [3.05, 3.63) is 66.2 Å². The SMILES string of the molecule is O=C(COc1ccccc1)OCC(=O)N1CCN(Cc2ccccc2)CC1. The van der Waals surface area contributed by atoms with E-state index in [-0.39, 0.29) is 19.1 Å². The van der Waals surface area contributed by atoms with Crippen molar-refractivity contribution in [2.75, 3.05) is 39.4 Å². The number of ether oxygens (including phenoxy) is 2. The van der Waals surface area contributed by atoms with Crippen molar-refractivity contribution in [3.63, 3.8) is 0 Å². The van der Waals surface area contributed by atoms with Crippen LogP contribution in [0, 0.1) is 0 Å². The summed E-state index contributed by atoms with van der Waals surface area (Å²) in [6, 6.07) is 19.3. The lowest BCUT2D eigenvalue weighted by Gasteiger charge is -2.34. The highest BCUT2D eigenvalue weighted by molar-refractivity contribution is 5.81. The molecule has 0 saturated carbocycles. The van der Waals surface area contributed by atoms with Crippen molar-refractivity contribution in [3.8, 4) is 5.75 Å². The van der Waals surface area contributed by atoms with Gasteiger partial charge in [0, 0.05) is 32.7 Å². The minimum atomic E-state index is -0.546. The Hall–Kier alpha value is -2.86. The van der Waals surface area contributed by atoms with Crippen molar-refractivity contribution in [2.24, 2.45) is 0 Å². The fourth-order valence-corrected chi connectivity index (χ4v) is 2.93. The molecule has 27 heavy (non-hydrogen) atoms. The summed E-state index contributed by atoms with van der Waals surface area (Å²) in [5.41, 5.74) is 1.27. The molecule has 0 spiro atoms. The first kappa shape index (κ1) is 18.9. The molecule has 1 fully saturated rings. The lowest BCUT2D eigenvalue weighted by atomic mass is 10.2. The van der Waals surface area contributed by atoms with Crippen molar-refractivity contribution in [1.82, 2.24) is 9.80 Å². The lowest BCUT2D eigenvalue weighted by molar-refractivity contribution is -0.154. The molecule has 2 aromatic rings. The maximum absolute atomic E-state index is 12.2. The van der Waals surface area contributed by atoms with Gasteiger partial charge >= 0.3 is 5.97 Å². The van der Waals surface area contributed by atoms with E-state index >= 15 is 0 Å². The highest BCUT2D eigenvalue weighted by atomic mass is 16.6. The fraction of sp³-hybridized carbons (Fsp3) is 0.333. The Labute approximate surface area is 159 Å². The zero-order valence-corrected chi connectivity index (χ0v) is 15.3.